The van der Waals surface area contributed by atoms with Gasteiger partial charge in [0.1, 0.15) is 0 Å². The van der Waals surface area contributed by atoms with E-state index in [1.807, 2.05) is 0 Å². The van der Waals surface area contributed by atoms with Crippen molar-refractivity contribution in [3.63, 3.8) is 0 Å². The number of carboxylic acid groups (broad SMARTS) is 2. The van der Waals surface area contributed by atoms with Crippen LogP contribution in [0.4, 0.5) is 0 Å². The van der Waals surface area contributed by atoms with Crippen molar-refractivity contribution in [2.45, 2.75) is 59.3 Å². The van der Waals surface area contributed by atoms with Crippen LogP contribution in [0.15, 0.2) is 23.3 Å². The largest absolute Gasteiger partial charge is 0.481 e. The highest BCUT2D eigenvalue weighted by molar-refractivity contribution is 5.90. The Bertz CT molecular complexity index is 432. The van der Waals surface area contributed by atoms with Crippen molar-refractivity contribution in [3.8, 4) is 0 Å². The highest BCUT2D eigenvalue weighted by atomic mass is 16.4. The minimum Gasteiger partial charge on any atom is -0.481 e. The summed E-state index contributed by atoms with van der Waals surface area (Å²) in [6.45, 7) is 6.01. The maximum absolute atomic E-state index is 11.2. The lowest BCUT2D eigenvalue weighted by Gasteiger charge is -2.31. The average molecular weight is 312 g/mol. The normalized spacial score (nSPS) is 20.4. The fourth-order valence-corrected chi connectivity index (χ4v) is 2.39. The number of hydrogen-bond acceptors (Lipinski definition) is 3. The first-order chi connectivity index (χ1) is 10.4. The van der Waals surface area contributed by atoms with Crippen molar-refractivity contribution in [1.82, 2.24) is 0 Å². The SMILES string of the molecule is CCC1(C(=O)O)CC(C(=O)O)=CC=C1C.CCCCCCO. The number of carboxylic acids is 2. The molecular formula is C17H28O5. The fraction of sp³-hybridized carbons (Fsp3) is 0.647. The third-order valence-electron chi connectivity index (χ3n) is 4.08. The lowest BCUT2D eigenvalue weighted by Crippen LogP contribution is -2.34. The van der Waals surface area contributed by atoms with E-state index in [1.54, 1.807) is 19.9 Å². The van der Waals surface area contributed by atoms with E-state index in [1.165, 1.54) is 25.3 Å². The molecule has 0 heterocycles. The van der Waals surface area contributed by atoms with Gasteiger partial charge in [-0.1, -0.05) is 50.8 Å². The minimum atomic E-state index is -1.04. The second kappa shape index (κ2) is 10.2. The lowest BCUT2D eigenvalue weighted by atomic mass is 9.71. The molecule has 0 aromatic heterocycles. The zero-order valence-electron chi connectivity index (χ0n) is 13.8. The maximum Gasteiger partial charge on any atom is 0.331 e. The third kappa shape index (κ3) is 5.64. The third-order valence-corrected chi connectivity index (χ3v) is 4.08. The Kier molecular flexibility index (Phi) is 9.42. The van der Waals surface area contributed by atoms with Gasteiger partial charge in [-0.25, -0.2) is 4.79 Å². The minimum absolute atomic E-state index is 0.0660. The van der Waals surface area contributed by atoms with Gasteiger partial charge < -0.3 is 15.3 Å². The summed E-state index contributed by atoms with van der Waals surface area (Å²) in [5, 5.41) is 26.3. The Morgan fingerprint density at radius 3 is 2.18 bits per heavy atom. The van der Waals surface area contributed by atoms with Crippen molar-refractivity contribution < 1.29 is 24.9 Å². The van der Waals surface area contributed by atoms with Crippen LogP contribution in [0.2, 0.25) is 0 Å². The van der Waals surface area contributed by atoms with Crippen molar-refractivity contribution in [2.24, 2.45) is 5.41 Å². The van der Waals surface area contributed by atoms with Crippen molar-refractivity contribution in [3.05, 3.63) is 23.3 Å². The van der Waals surface area contributed by atoms with E-state index in [9.17, 15) is 14.7 Å². The quantitative estimate of drug-likeness (QED) is 0.626. The van der Waals surface area contributed by atoms with Crippen LogP contribution in [-0.2, 0) is 9.59 Å². The zero-order chi connectivity index (χ0) is 17.2. The first-order valence-electron chi connectivity index (χ1n) is 7.81. The predicted molar refractivity (Wildman–Crippen MR) is 85.7 cm³/mol. The summed E-state index contributed by atoms with van der Waals surface area (Å²) in [6.07, 6.45) is 8.21. The average Bonchev–Trinajstić information content (AvgIpc) is 2.48. The Labute approximate surface area is 132 Å². The molecule has 0 bridgehead atoms. The smallest absolute Gasteiger partial charge is 0.331 e. The van der Waals surface area contributed by atoms with Gasteiger partial charge in [-0.2, -0.15) is 0 Å². The highest BCUT2D eigenvalue weighted by Gasteiger charge is 2.41. The number of aliphatic hydroxyl groups excluding tert-OH is 1. The van der Waals surface area contributed by atoms with E-state index in [0.717, 1.165) is 6.42 Å². The number of aliphatic hydroxyl groups is 1. The molecule has 1 atom stereocenters. The van der Waals surface area contributed by atoms with E-state index < -0.39 is 17.4 Å². The topological polar surface area (TPSA) is 94.8 Å². The first kappa shape index (κ1) is 20.4. The maximum atomic E-state index is 11.2. The van der Waals surface area contributed by atoms with Gasteiger partial charge in [-0.15, -0.1) is 0 Å². The molecule has 5 nitrogen and oxygen atoms in total. The molecule has 0 fully saturated rings. The van der Waals surface area contributed by atoms with Gasteiger partial charge >= 0.3 is 11.9 Å². The molecule has 126 valence electrons. The zero-order valence-corrected chi connectivity index (χ0v) is 13.8. The van der Waals surface area contributed by atoms with Crippen LogP contribution in [0, 0.1) is 5.41 Å². The highest BCUT2D eigenvalue weighted by Crippen LogP contribution is 2.40. The summed E-state index contributed by atoms with van der Waals surface area (Å²) in [7, 11) is 0. The molecule has 1 rings (SSSR count). The number of aliphatic carboxylic acids is 2. The van der Waals surface area contributed by atoms with Gasteiger partial charge in [0.05, 0.1) is 5.41 Å². The monoisotopic (exact) mass is 312 g/mol. The molecule has 0 aliphatic heterocycles. The summed E-state index contributed by atoms with van der Waals surface area (Å²) in [5.41, 5.74) is -0.171. The molecule has 0 spiro atoms. The Balaban J connectivity index is 0.000000534. The van der Waals surface area contributed by atoms with Crippen LogP contribution >= 0.6 is 0 Å². The van der Waals surface area contributed by atoms with Gasteiger partial charge in [0.2, 0.25) is 0 Å². The van der Waals surface area contributed by atoms with Crippen LogP contribution in [0.5, 0.6) is 0 Å². The molecule has 0 radical (unpaired) electrons. The van der Waals surface area contributed by atoms with Crippen LogP contribution in [0.25, 0.3) is 0 Å². The summed E-state index contributed by atoms with van der Waals surface area (Å²) in [4.78, 5) is 22.0. The summed E-state index contributed by atoms with van der Waals surface area (Å²) in [5.74, 6) is -2.00. The second-order valence-corrected chi connectivity index (χ2v) is 5.55. The van der Waals surface area contributed by atoms with Gasteiger partial charge in [0, 0.05) is 12.2 Å². The van der Waals surface area contributed by atoms with Crippen LogP contribution in [-0.4, -0.2) is 33.9 Å². The number of carbonyl (C=O) groups is 2. The van der Waals surface area contributed by atoms with Gasteiger partial charge in [0.15, 0.2) is 0 Å². The number of hydrogen-bond donors (Lipinski definition) is 3. The van der Waals surface area contributed by atoms with Gasteiger partial charge in [0.25, 0.3) is 0 Å². The molecule has 1 aliphatic carbocycles. The Hall–Kier alpha value is -1.62. The van der Waals surface area contributed by atoms with Crippen molar-refractivity contribution >= 4 is 11.9 Å². The lowest BCUT2D eigenvalue weighted by molar-refractivity contribution is -0.147. The van der Waals surface area contributed by atoms with E-state index in [0.29, 0.717) is 18.6 Å². The second-order valence-electron chi connectivity index (χ2n) is 5.55. The van der Waals surface area contributed by atoms with Crippen molar-refractivity contribution in [2.75, 3.05) is 6.61 Å². The number of allylic oxidation sites excluding steroid dienone is 2. The van der Waals surface area contributed by atoms with Crippen LogP contribution in [0.3, 0.4) is 0 Å². The molecule has 0 amide bonds. The fourth-order valence-electron chi connectivity index (χ4n) is 2.39. The molecule has 0 saturated heterocycles. The predicted octanol–water partition coefficient (Wildman–Crippen LogP) is 3.39. The van der Waals surface area contributed by atoms with Crippen molar-refractivity contribution in [1.29, 1.82) is 0 Å². The molecule has 3 N–H and O–H groups in total. The first-order valence-corrected chi connectivity index (χ1v) is 7.81. The Morgan fingerprint density at radius 2 is 1.77 bits per heavy atom. The molecule has 0 aromatic rings. The molecule has 1 unspecified atom stereocenters. The van der Waals surface area contributed by atoms with Crippen LogP contribution in [0.1, 0.15) is 59.3 Å². The summed E-state index contributed by atoms with van der Waals surface area (Å²) < 4.78 is 0. The van der Waals surface area contributed by atoms with E-state index in [2.05, 4.69) is 6.92 Å². The van der Waals surface area contributed by atoms with E-state index in [4.69, 9.17) is 10.2 Å². The molecule has 0 saturated carbocycles. The van der Waals surface area contributed by atoms with E-state index in [-0.39, 0.29) is 12.0 Å². The van der Waals surface area contributed by atoms with Crippen LogP contribution < -0.4 is 0 Å². The number of unbranched alkanes of at least 4 members (excludes halogenated alkanes) is 3. The van der Waals surface area contributed by atoms with Gasteiger partial charge in [-0.05, 0) is 26.2 Å². The van der Waals surface area contributed by atoms with Gasteiger partial charge in [-0.3, -0.25) is 4.79 Å². The molecule has 22 heavy (non-hydrogen) atoms. The number of rotatable bonds is 7. The standard InChI is InChI=1S/C11H14O4.C6H14O/c1-3-11(10(14)15)6-8(9(12)13)5-4-7(11)2;1-2-3-4-5-6-7/h4-5H,3,6H2,1-2H3,(H,12,13)(H,14,15);7H,2-6H2,1H3. The summed E-state index contributed by atoms with van der Waals surface area (Å²) in [6, 6.07) is 0. The Morgan fingerprint density at radius 1 is 1.14 bits per heavy atom. The van der Waals surface area contributed by atoms with E-state index >= 15 is 0 Å². The molecular weight excluding hydrogens is 284 g/mol. The molecule has 0 aromatic carbocycles. The molecule has 1 aliphatic rings. The summed E-state index contributed by atoms with van der Waals surface area (Å²) >= 11 is 0. The molecule has 5 heteroatoms.